The van der Waals surface area contributed by atoms with Gasteiger partial charge < -0.3 is 5.32 Å². The maximum atomic E-state index is 12.6. The van der Waals surface area contributed by atoms with E-state index in [-0.39, 0.29) is 18.2 Å². The predicted molar refractivity (Wildman–Crippen MR) is 113 cm³/mol. The molecule has 1 atom stereocenters. The number of nitrogens with zero attached hydrogens (tertiary/aromatic N) is 1. The maximum Gasteiger partial charge on any atom is 0.242 e. The van der Waals surface area contributed by atoms with Gasteiger partial charge in [0.05, 0.1) is 10.9 Å². The zero-order valence-corrected chi connectivity index (χ0v) is 17.1. The molecule has 0 spiro atoms. The Bertz CT molecular complexity index is 829. The van der Waals surface area contributed by atoms with Crippen LogP contribution in [0.15, 0.2) is 59.1 Å². The van der Waals surface area contributed by atoms with E-state index in [1.807, 2.05) is 54.6 Å². The third-order valence-electron chi connectivity index (χ3n) is 3.99. The van der Waals surface area contributed by atoms with Crippen molar-refractivity contribution in [2.45, 2.75) is 18.1 Å². The molecule has 0 radical (unpaired) electrons. The molecular formula is C19H17BrN2O2S2. The Labute approximate surface area is 170 Å². The molecule has 2 aromatic rings. The number of para-hydroxylation sites is 1. The van der Waals surface area contributed by atoms with Crippen molar-refractivity contribution in [1.82, 2.24) is 4.90 Å². The summed E-state index contributed by atoms with van der Waals surface area (Å²) in [6.45, 7) is 0.539. The monoisotopic (exact) mass is 448 g/mol. The average molecular weight is 449 g/mol. The molecule has 1 saturated heterocycles. The van der Waals surface area contributed by atoms with E-state index in [0.29, 0.717) is 16.6 Å². The molecule has 1 heterocycles. The highest BCUT2D eigenvalue weighted by atomic mass is 79.9. The van der Waals surface area contributed by atoms with Crippen molar-refractivity contribution in [3.8, 4) is 0 Å². The molecule has 4 nitrogen and oxygen atoms in total. The molecule has 134 valence electrons. The Morgan fingerprint density at radius 3 is 2.58 bits per heavy atom. The molecule has 7 heteroatoms. The van der Waals surface area contributed by atoms with E-state index in [1.165, 1.54) is 11.8 Å². The summed E-state index contributed by atoms with van der Waals surface area (Å²) in [4.78, 5) is 26.5. The van der Waals surface area contributed by atoms with E-state index in [0.717, 1.165) is 16.5 Å². The highest BCUT2D eigenvalue weighted by molar-refractivity contribution is 9.10. The summed E-state index contributed by atoms with van der Waals surface area (Å²) < 4.78 is 1.35. The van der Waals surface area contributed by atoms with Gasteiger partial charge in [-0.2, -0.15) is 0 Å². The molecule has 0 aromatic heterocycles. The van der Waals surface area contributed by atoms with Crippen LogP contribution >= 0.6 is 39.9 Å². The SMILES string of the molecule is O=C(CC1SC(=S)N(CCc2ccccc2)C1=O)Nc1ccccc1Br. The Balaban J connectivity index is 1.56. The summed E-state index contributed by atoms with van der Waals surface area (Å²) >= 11 is 10.0. The lowest BCUT2D eigenvalue weighted by Gasteiger charge is -2.15. The number of nitrogens with one attached hydrogen (secondary N) is 1. The van der Waals surface area contributed by atoms with Crippen LogP contribution < -0.4 is 5.32 Å². The van der Waals surface area contributed by atoms with Gasteiger partial charge in [0.15, 0.2) is 0 Å². The number of anilines is 1. The van der Waals surface area contributed by atoms with Crippen molar-refractivity contribution in [1.29, 1.82) is 0 Å². The van der Waals surface area contributed by atoms with Crippen LogP contribution in [0, 0.1) is 0 Å². The second-order valence-corrected chi connectivity index (χ2v) is 8.52. The van der Waals surface area contributed by atoms with Crippen LogP contribution in [-0.4, -0.2) is 32.8 Å². The van der Waals surface area contributed by atoms with E-state index in [4.69, 9.17) is 12.2 Å². The van der Waals surface area contributed by atoms with Gasteiger partial charge in [0.1, 0.15) is 4.32 Å². The number of amides is 2. The fourth-order valence-corrected chi connectivity index (χ4v) is 4.58. The highest BCUT2D eigenvalue weighted by Gasteiger charge is 2.37. The lowest BCUT2D eigenvalue weighted by Crippen LogP contribution is -2.34. The minimum Gasteiger partial charge on any atom is -0.325 e. The number of thiocarbonyl (C=S) groups is 1. The van der Waals surface area contributed by atoms with Crippen molar-refractivity contribution >= 4 is 61.7 Å². The van der Waals surface area contributed by atoms with Gasteiger partial charge in [0, 0.05) is 17.4 Å². The van der Waals surface area contributed by atoms with Crippen LogP contribution in [0.5, 0.6) is 0 Å². The maximum absolute atomic E-state index is 12.6. The average Bonchev–Trinajstić information content (AvgIpc) is 2.89. The standard InChI is InChI=1S/C19H17BrN2O2S2/c20-14-8-4-5-9-15(14)21-17(23)12-16-18(24)22(19(25)26-16)11-10-13-6-2-1-3-7-13/h1-9,16H,10-12H2,(H,21,23). The molecule has 0 aliphatic carbocycles. The Morgan fingerprint density at radius 2 is 1.85 bits per heavy atom. The fraction of sp³-hybridized carbons (Fsp3) is 0.211. The molecular weight excluding hydrogens is 432 g/mol. The summed E-state index contributed by atoms with van der Waals surface area (Å²) in [7, 11) is 0. The summed E-state index contributed by atoms with van der Waals surface area (Å²) in [5.41, 5.74) is 1.85. The van der Waals surface area contributed by atoms with E-state index in [1.54, 1.807) is 4.90 Å². The van der Waals surface area contributed by atoms with Crippen molar-refractivity contribution in [3.63, 3.8) is 0 Å². The first-order chi connectivity index (χ1) is 12.5. The topological polar surface area (TPSA) is 49.4 Å². The molecule has 2 amide bonds. The number of carbonyl (C=O) groups excluding carboxylic acids is 2. The number of hydrogen-bond acceptors (Lipinski definition) is 4. The number of carbonyl (C=O) groups is 2. The Morgan fingerprint density at radius 1 is 1.15 bits per heavy atom. The van der Waals surface area contributed by atoms with Gasteiger partial charge in [0.2, 0.25) is 11.8 Å². The molecule has 1 unspecified atom stereocenters. The highest BCUT2D eigenvalue weighted by Crippen LogP contribution is 2.30. The number of halogens is 1. The second kappa shape index (κ2) is 8.79. The summed E-state index contributed by atoms with van der Waals surface area (Å²) in [6, 6.07) is 17.3. The van der Waals surface area contributed by atoms with Gasteiger partial charge in [-0.1, -0.05) is 66.4 Å². The Hall–Kier alpha value is -1.70. The second-order valence-electron chi connectivity index (χ2n) is 5.83. The molecule has 1 aliphatic rings. The van der Waals surface area contributed by atoms with Gasteiger partial charge in [-0.3, -0.25) is 14.5 Å². The number of rotatable bonds is 6. The summed E-state index contributed by atoms with van der Waals surface area (Å²) in [5, 5.41) is 2.37. The molecule has 2 aromatic carbocycles. The van der Waals surface area contributed by atoms with Crippen LogP contribution in [0.2, 0.25) is 0 Å². The van der Waals surface area contributed by atoms with E-state index in [2.05, 4.69) is 21.2 Å². The molecule has 0 saturated carbocycles. The largest absolute Gasteiger partial charge is 0.325 e. The van der Waals surface area contributed by atoms with Crippen LogP contribution in [0.25, 0.3) is 0 Å². The van der Waals surface area contributed by atoms with Crippen molar-refractivity contribution in [2.24, 2.45) is 0 Å². The third kappa shape index (κ3) is 4.72. The van der Waals surface area contributed by atoms with Gasteiger partial charge in [-0.25, -0.2) is 0 Å². The number of hydrogen-bond donors (Lipinski definition) is 1. The normalized spacial score (nSPS) is 16.8. The predicted octanol–water partition coefficient (Wildman–Crippen LogP) is 4.25. The molecule has 1 N–H and O–H groups in total. The van der Waals surface area contributed by atoms with Crippen molar-refractivity contribution < 1.29 is 9.59 Å². The summed E-state index contributed by atoms with van der Waals surface area (Å²) in [5.74, 6) is -0.284. The van der Waals surface area contributed by atoms with Gasteiger partial charge in [-0.05, 0) is 40.0 Å². The molecule has 1 fully saturated rings. The lowest BCUT2D eigenvalue weighted by atomic mass is 10.1. The van der Waals surface area contributed by atoms with Gasteiger partial charge in [-0.15, -0.1) is 0 Å². The smallest absolute Gasteiger partial charge is 0.242 e. The van der Waals surface area contributed by atoms with Crippen LogP contribution in [-0.2, 0) is 16.0 Å². The van der Waals surface area contributed by atoms with Crippen LogP contribution in [0.1, 0.15) is 12.0 Å². The van der Waals surface area contributed by atoms with E-state index < -0.39 is 5.25 Å². The van der Waals surface area contributed by atoms with E-state index in [9.17, 15) is 9.59 Å². The first-order valence-electron chi connectivity index (χ1n) is 8.15. The first-order valence-corrected chi connectivity index (χ1v) is 10.2. The Kier molecular flexibility index (Phi) is 6.45. The zero-order valence-electron chi connectivity index (χ0n) is 13.9. The van der Waals surface area contributed by atoms with Crippen molar-refractivity contribution in [3.05, 3.63) is 64.6 Å². The quantitative estimate of drug-likeness (QED) is 0.670. The molecule has 26 heavy (non-hydrogen) atoms. The van der Waals surface area contributed by atoms with Crippen LogP contribution in [0.3, 0.4) is 0 Å². The van der Waals surface area contributed by atoms with Gasteiger partial charge >= 0.3 is 0 Å². The third-order valence-corrected chi connectivity index (χ3v) is 6.27. The minimum atomic E-state index is -0.458. The molecule has 1 aliphatic heterocycles. The number of thioether (sulfide) groups is 1. The number of benzene rings is 2. The fourth-order valence-electron chi connectivity index (χ4n) is 2.65. The van der Waals surface area contributed by atoms with Crippen LogP contribution in [0.4, 0.5) is 5.69 Å². The first kappa shape index (κ1) is 19.1. The zero-order chi connectivity index (χ0) is 18.5. The van der Waals surface area contributed by atoms with Crippen molar-refractivity contribution in [2.75, 3.05) is 11.9 Å². The molecule has 0 bridgehead atoms. The van der Waals surface area contributed by atoms with Gasteiger partial charge in [0.25, 0.3) is 0 Å². The summed E-state index contributed by atoms with van der Waals surface area (Å²) in [6.07, 6.45) is 0.843. The molecule has 3 rings (SSSR count). The minimum absolute atomic E-state index is 0.0850. The lowest BCUT2D eigenvalue weighted by molar-refractivity contribution is -0.128. The van der Waals surface area contributed by atoms with E-state index >= 15 is 0 Å².